The van der Waals surface area contributed by atoms with Crippen LogP contribution in [0, 0.1) is 5.92 Å². The molecular formula is C22H25F3N4O5. The molecule has 1 aromatic heterocycles. The van der Waals surface area contributed by atoms with Crippen LogP contribution >= 0.6 is 0 Å². The molecule has 1 aliphatic carbocycles. The number of anilines is 1. The van der Waals surface area contributed by atoms with Gasteiger partial charge in [0.05, 0.1) is 31.2 Å². The topological polar surface area (TPSA) is 125 Å². The molecule has 4 N–H and O–H groups in total. The smallest absolute Gasteiger partial charge is 0.495 e. The van der Waals surface area contributed by atoms with E-state index in [9.17, 15) is 22.8 Å². The molecule has 0 atom stereocenters. The van der Waals surface area contributed by atoms with Crippen molar-refractivity contribution in [2.45, 2.75) is 38.1 Å². The van der Waals surface area contributed by atoms with Crippen LogP contribution in [0.3, 0.4) is 0 Å². The maximum atomic E-state index is 12.5. The zero-order valence-electron chi connectivity index (χ0n) is 18.4. The largest absolute Gasteiger partial charge is 0.573 e. The van der Waals surface area contributed by atoms with Gasteiger partial charge in [0.1, 0.15) is 17.2 Å². The highest BCUT2D eigenvalue weighted by Crippen LogP contribution is 2.32. The summed E-state index contributed by atoms with van der Waals surface area (Å²) in [7, 11) is 1.34. The normalized spacial score (nSPS) is 18.0. The molecule has 2 aromatic rings. The van der Waals surface area contributed by atoms with Crippen LogP contribution in [0.1, 0.15) is 36.0 Å². The van der Waals surface area contributed by atoms with Gasteiger partial charge in [-0.15, -0.1) is 13.2 Å². The number of halogens is 3. The van der Waals surface area contributed by atoms with Gasteiger partial charge in [-0.05, 0) is 49.8 Å². The van der Waals surface area contributed by atoms with E-state index in [1.807, 2.05) is 0 Å². The Bertz CT molecular complexity index is 1010. The Balaban J connectivity index is 1.47. The molecule has 1 fully saturated rings. The molecule has 3 rings (SSSR count). The predicted octanol–water partition coefficient (Wildman–Crippen LogP) is 3.85. The summed E-state index contributed by atoms with van der Waals surface area (Å²) in [5.74, 6) is -0.141. The lowest BCUT2D eigenvalue weighted by atomic mass is 9.86. The van der Waals surface area contributed by atoms with E-state index in [1.54, 1.807) is 0 Å². The number of hydrogen-bond acceptors (Lipinski definition) is 6. The van der Waals surface area contributed by atoms with Gasteiger partial charge in [-0.3, -0.25) is 9.78 Å². The minimum Gasteiger partial charge on any atom is -0.495 e. The number of aromatic nitrogens is 1. The van der Waals surface area contributed by atoms with Crippen molar-refractivity contribution in [1.29, 1.82) is 0 Å². The number of urea groups is 1. The number of methoxy groups -OCH3 is 1. The number of carbonyl (C=O) groups is 2. The first kappa shape index (κ1) is 24.9. The number of primary amides is 1. The van der Waals surface area contributed by atoms with Crippen LogP contribution in [0.15, 0.2) is 36.7 Å². The molecule has 3 amide bonds. The average Bonchev–Trinajstić information content (AvgIpc) is 2.78. The summed E-state index contributed by atoms with van der Waals surface area (Å²) >= 11 is 0. The van der Waals surface area contributed by atoms with E-state index >= 15 is 0 Å². The maximum absolute atomic E-state index is 12.5. The molecule has 1 saturated carbocycles. The van der Waals surface area contributed by atoms with E-state index in [0.717, 1.165) is 25.0 Å². The number of ether oxygens (including phenoxy) is 3. The monoisotopic (exact) mass is 482 g/mol. The van der Waals surface area contributed by atoms with Crippen molar-refractivity contribution in [3.8, 4) is 17.2 Å². The van der Waals surface area contributed by atoms with E-state index in [-0.39, 0.29) is 29.0 Å². The number of nitrogens with two attached hydrogens (primary N) is 1. The Morgan fingerprint density at radius 1 is 1.12 bits per heavy atom. The van der Waals surface area contributed by atoms with Crippen LogP contribution in [0.2, 0.25) is 0 Å². The van der Waals surface area contributed by atoms with Gasteiger partial charge in [-0.1, -0.05) is 0 Å². The van der Waals surface area contributed by atoms with Crippen molar-refractivity contribution in [3.05, 3.63) is 42.2 Å². The molecule has 0 saturated heterocycles. The number of nitrogens with zero attached hydrogens (tertiary/aromatic N) is 1. The lowest BCUT2D eigenvalue weighted by Crippen LogP contribution is -2.40. The first-order valence-corrected chi connectivity index (χ1v) is 10.5. The minimum atomic E-state index is -4.85. The van der Waals surface area contributed by atoms with Crippen LogP contribution in [0.25, 0.3) is 0 Å². The third-order valence-corrected chi connectivity index (χ3v) is 5.32. The summed E-state index contributed by atoms with van der Waals surface area (Å²) in [6, 6.07) is 4.29. The zero-order chi connectivity index (χ0) is 24.7. The van der Waals surface area contributed by atoms with E-state index in [2.05, 4.69) is 20.4 Å². The van der Waals surface area contributed by atoms with E-state index in [4.69, 9.17) is 15.2 Å². The van der Waals surface area contributed by atoms with Crippen molar-refractivity contribution in [3.63, 3.8) is 0 Å². The number of nitrogens with one attached hydrogen (secondary N) is 2. The summed E-state index contributed by atoms with van der Waals surface area (Å²) < 4.78 is 52.1. The SMILES string of the molecule is COc1ccc(OC(F)(F)F)cc1NC(=O)NC1CCC(COc2cncc(C(N)=O)c2)CC1. The average molecular weight is 482 g/mol. The Kier molecular flexibility index (Phi) is 8.03. The number of alkyl halides is 3. The summed E-state index contributed by atoms with van der Waals surface area (Å²) in [6.45, 7) is 0.437. The third-order valence-electron chi connectivity index (χ3n) is 5.32. The van der Waals surface area contributed by atoms with Crippen molar-refractivity contribution in [1.82, 2.24) is 10.3 Å². The first-order valence-electron chi connectivity index (χ1n) is 10.5. The van der Waals surface area contributed by atoms with Crippen LogP contribution in [-0.4, -0.2) is 43.0 Å². The van der Waals surface area contributed by atoms with Gasteiger partial charge in [-0.25, -0.2) is 4.79 Å². The van der Waals surface area contributed by atoms with E-state index in [1.165, 1.54) is 31.6 Å². The van der Waals surface area contributed by atoms with Gasteiger partial charge in [0.15, 0.2) is 0 Å². The van der Waals surface area contributed by atoms with Gasteiger partial charge in [0.25, 0.3) is 0 Å². The molecule has 34 heavy (non-hydrogen) atoms. The fourth-order valence-electron chi connectivity index (χ4n) is 3.65. The molecule has 12 heteroatoms. The van der Waals surface area contributed by atoms with Crippen LogP contribution in [0.5, 0.6) is 17.2 Å². The Labute approximate surface area is 193 Å². The first-order chi connectivity index (χ1) is 16.1. The van der Waals surface area contributed by atoms with Crippen LogP contribution < -0.4 is 30.6 Å². The number of rotatable bonds is 8. The van der Waals surface area contributed by atoms with Gasteiger partial charge >= 0.3 is 12.4 Å². The number of hydrogen-bond donors (Lipinski definition) is 3. The molecule has 1 aromatic carbocycles. The molecule has 184 valence electrons. The molecule has 0 aliphatic heterocycles. The van der Waals surface area contributed by atoms with Gasteiger partial charge in [-0.2, -0.15) is 0 Å². The summed E-state index contributed by atoms with van der Waals surface area (Å²) in [5, 5.41) is 5.35. The highest BCUT2D eigenvalue weighted by Gasteiger charge is 2.31. The van der Waals surface area contributed by atoms with Crippen molar-refractivity contribution >= 4 is 17.6 Å². The molecule has 1 aliphatic rings. The zero-order valence-corrected chi connectivity index (χ0v) is 18.4. The predicted molar refractivity (Wildman–Crippen MR) is 116 cm³/mol. The number of carbonyl (C=O) groups excluding carboxylic acids is 2. The third kappa shape index (κ3) is 7.42. The number of pyridine rings is 1. The molecule has 1 heterocycles. The Hall–Kier alpha value is -3.70. The summed E-state index contributed by atoms with van der Waals surface area (Å²) in [5.41, 5.74) is 5.56. The van der Waals surface area contributed by atoms with Crippen molar-refractivity contribution in [2.75, 3.05) is 19.0 Å². The number of amides is 3. The second-order valence-electron chi connectivity index (χ2n) is 7.81. The molecule has 0 unspecified atom stereocenters. The second kappa shape index (κ2) is 10.9. The molecular weight excluding hydrogens is 457 g/mol. The molecule has 0 spiro atoms. The fraction of sp³-hybridized carbons (Fsp3) is 0.409. The highest BCUT2D eigenvalue weighted by atomic mass is 19.4. The Morgan fingerprint density at radius 2 is 1.85 bits per heavy atom. The number of benzene rings is 1. The summed E-state index contributed by atoms with van der Waals surface area (Å²) in [6.07, 6.45) is 1.03. The summed E-state index contributed by atoms with van der Waals surface area (Å²) in [4.78, 5) is 27.6. The van der Waals surface area contributed by atoms with E-state index in [0.29, 0.717) is 25.2 Å². The molecule has 0 bridgehead atoms. The second-order valence-corrected chi connectivity index (χ2v) is 7.81. The Morgan fingerprint density at radius 3 is 2.50 bits per heavy atom. The van der Waals surface area contributed by atoms with Gasteiger partial charge in [0, 0.05) is 18.3 Å². The van der Waals surface area contributed by atoms with Crippen molar-refractivity contribution < 1.29 is 37.0 Å². The van der Waals surface area contributed by atoms with Crippen LogP contribution in [0.4, 0.5) is 23.7 Å². The molecule has 9 nitrogen and oxygen atoms in total. The maximum Gasteiger partial charge on any atom is 0.573 e. The highest BCUT2D eigenvalue weighted by molar-refractivity contribution is 5.92. The quantitative estimate of drug-likeness (QED) is 0.525. The standard InChI is InChI=1S/C22H25F3N4O5/c1-32-19-7-6-16(34-22(23,24)25)9-18(19)29-21(31)28-15-4-2-13(3-5-15)12-33-17-8-14(20(26)30)10-27-11-17/h6-11,13,15H,2-5,12H2,1H3,(H2,26,30)(H2,28,29,31). The van der Waals surface area contributed by atoms with Gasteiger partial charge in [0.2, 0.25) is 5.91 Å². The van der Waals surface area contributed by atoms with E-state index < -0.39 is 24.1 Å². The molecule has 0 radical (unpaired) electrons. The van der Waals surface area contributed by atoms with Crippen LogP contribution in [-0.2, 0) is 0 Å². The lowest BCUT2D eigenvalue weighted by Gasteiger charge is -2.29. The minimum absolute atomic E-state index is 0.0515. The lowest BCUT2D eigenvalue weighted by molar-refractivity contribution is -0.274. The fourth-order valence-corrected chi connectivity index (χ4v) is 3.65. The van der Waals surface area contributed by atoms with Crippen molar-refractivity contribution in [2.24, 2.45) is 11.7 Å². The van der Waals surface area contributed by atoms with Gasteiger partial charge < -0.3 is 30.6 Å².